The number of nitrogens with one attached hydrogen (secondary N) is 1. The molecule has 0 aromatic heterocycles. The summed E-state index contributed by atoms with van der Waals surface area (Å²) < 4.78 is 15.9. The van der Waals surface area contributed by atoms with Crippen LogP contribution in [0.25, 0.3) is 0 Å². The second-order valence-electron chi connectivity index (χ2n) is 6.05. The van der Waals surface area contributed by atoms with Gasteiger partial charge in [-0.25, -0.2) is 4.79 Å². The molecule has 1 amide bonds. The number of hydrogen-bond donors (Lipinski definition) is 4. The molecule has 0 aliphatic rings. The fourth-order valence-corrected chi connectivity index (χ4v) is 2.63. The summed E-state index contributed by atoms with van der Waals surface area (Å²) in [6.45, 7) is 1.89. The molecule has 0 fully saturated rings. The molecule has 2 rings (SSSR count). The van der Waals surface area contributed by atoms with E-state index in [2.05, 4.69) is 10.5 Å². The van der Waals surface area contributed by atoms with Gasteiger partial charge in [0.25, 0.3) is 5.91 Å². The second-order valence-corrected chi connectivity index (χ2v) is 6.05. The van der Waals surface area contributed by atoms with Crippen LogP contribution in [0, 0.1) is 0 Å². The minimum absolute atomic E-state index is 0.0439. The summed E-state index contributed by atoms with van der Waals surface area (Å²) in [5.41, 5.74) is 12.2. The van der Waals surface area contributed by atoms with Crippen molar-refractivity contribution >= 4 is 23.4 Å². The normalized spacial score (nSPS) is 12.0. The van der Waals surface area contributed by atoms with Gasteiger partial charge in [-0.05, 0) is 49.4 Å². The summed E-state index contributed by atoms with van der Waals surface area (Å²) in [6, 6.07) is 10.4. The van der Waals surface area contributed by atoms with Gasteiger partial charge in [-0.2, -0.15) is 0 Å². The van der Waals surface area contributed by atoms with Crippen LogP contribution < -0.4 is 26.3 Å². The maximum atomic E-state index is 12.6. The Balaban J connectivity index is 2.42. The lowest BCUT2D eigenvalue weighted by Gasteiger charge is -2.21. The minimum atomic E-state index is -0.979. The molecule has 160 valence electrons. The van der Waals surface area contributed by atoms with Crippen LogP contribution in [-0.2, 0) is 14.3 Å². The predicted octanol–water partition coefficient (Wildman–Crippen LogP) is 1.37. The summed E-state index contributed by atoms with van der Waals surface area (Å²) in [5.74, 6) is -0.507. The number of benzene rings is 2. The van der Waals surface area contributed by atoms with Crippen LogP contribution in [0.3, 0.4) is 0 Å². The molecule has 0 aliphatic carbocycles. The molecular weight excluding hydrogens is 392 g/mol. The molecule has 10 heteroatoms. The lowest BCUT2D eigenvalue weighted by Crippen LogP contribution is -2.25. The first-order valence-corrected chi connectivity index (χ1v) is 8.99. The van der Waals surface area contributed by atoms with Crippen LogP contribution >= 0.6 is 0 Å². The molecule has 0 heterocycles. The number of carbonyl (C=O) groups is 2. The number of amides is 1. The van der Waals surface area contributed by atoms with Gasteiger partial charge < -0.3 is 36.2 Å². The SMILES string of the molecule is CCOc1ccc(OCC(N)=O)c(C(Nc2ccc(/C(N)=N/O)cc2)C(=O)OC)c1. The lowest BCUT2D eigenvalue weighted by molar-refractivity contribution is -0.141. The van der Waals surface area contributed by atoms with Gasteiger partial charge in [-0.1, -0.05) is 5.16 Å². The predicted molar refractivity (Wildman–Crippen MR) is 110 cm³/mol. The van der Waals surface area contributed by atoms with Crippen LogP contribution in [0.5, 0.6) is 11.5 Å². The van der Waals surface area contributed by atoms with E-state index in [1.165, 1.54) is 7.11 Å². The number of carbonyl (C=O) groups excluding carboxylic acids is 2. The van der Waals surface area contributed by atoms with Crippen molar-refractivity contribution in [2.24, 2.45) is 16.6 Å². The van der Waals surface area contributed by atoms with E-state index in [1.54, 1.807) is 42.5 Å². The molecule has 2 aromatic rings. The Morgan fingerprint density at radius 1 is 1.13 bits per heavy atom. The van der Waals surface area contributed by atoms with Crippen molar-refractivity contribution in [2.45, 2.75) is 13.0 Å². The molecule has 2 aromatic carbocycles. The van der Waals surface area contributed by atoms with E-state index < -0.39 is 17.9 Å². The summed E-state index contributed by atoms with van der Waals surface area (Å²) in [5, 5.41) is 14.8. The molecular formula is C20H24N4O6. The highest BCUT2D eigenvalue weighted by molar-refractivity contribution is 5.97. The van der Waals surface area contributed by atoms with Gasteiger partial charge in [0, 0.05) is 16.8 Å². The number of primary amides is 1. The number of nitrogens with two attached hydrogens (primary N) is 2. The molecule has 0 saturated heterocycles. The van der Waals surface area contributed by atoms with Crippen molar-refractivity contribution in [1.82, 2.24) is 0 Å². The lowest BCUT2D eigenvalue weighted by atomic mass is 10.0. The molecule has 0 bridgehead atoms. The van der Waals surface area contributed by atoms with Gasteiger partial charge in [-0.3, -0.25) is 4.79 Å². The van der Waals surface area contributed by atoms with Crippen LogP contribution in [0.2, 0.25) is 0 Å². The van der Waals surface area contributed by atoms with Gasteiger partial charge in [0.1, 0.15) is 11.5 Å². The first-order chi connectivity index (χ1) is 14.4. The Kier molecular flexibility index (Phi) is 7.86. The Morgan fingerprint density at radius 3 is 2.40 bits per heavy atom. The number of anilines is 1. The molecule has 30 heavy (non-hydrogen) atoms. The maximum Gasteiger partial charge on any atom is 0.333 e. The van der Waals surface area contributed by atoms with Gasteiger partial charge in [0.05, 0.1) is 13.7 Å². The number of hydrogen-bond acceptors (Lipinski definition) is 8. The molecule has 0 aliphatic heterocycles. The van der Waals surface area contributed by atoms with E-state index in [9.17, 15) is 9.59 Å². The Bertz CT molecular complexity index is 914. The topological polar surface area (TPSA) is 158 Å². The average molecular weight is 416 g/mol. The smallest absolute Gasteiger partial charge is 0.333 e. The molecule has 0 radical (unpaired) electrons. The fourth-order valence-electron chi connectivity index (χ4n) is 2.63. The molecule has 10 nitrogen and oxygen atoms in total. The fraction of sp³-hybridized carbons (Fsp3) is 0.250. The highest BCUT2D eigenvalue weighted by Gasteiger charge is 2.26. The molecule has 0 spiro atoms. The second kappa shape index (κ2) is 10.6. The van der Waals surface area contributed by atoms with E-state index in [-0.39, 0.29) is 18.2 Å². The zero-order valence-electron chi connectivity index (χ0n) is 16.6. The van der Waals surface area contributed by atoms with Gasteiger partial charge in [0.2, 0.25) is 0 Å². The molecule has 1 atom stereocenters. The largest absolute Gasteiger partial charge is 0.494 e. The highest BCUT2D eigenvalue weighted by Crippen LogP contribution is 2.33. The van der Waals surface area contributed by atoms with Crippen LogP contribution in [0.4, 0.5) is 5.69 Å². The quantitative estimate of drug-likeness (QED) is 0.149. The summed E-state index contributed by atoms with van der Waals surface area (Å²) >= 11 is 0. The zero-order chi connectivity index (χ0) is 22.1. The first kappa shape index (κ1) is 22.3. The van der Waals surface area contributed by atoms with Crippen molar-refractivity contribution in [2.75, 3.05) is 25.6 Å². The Hall–Kier alpha value is -3.95. The summed E-state index contributed by atoms with van der Waals surface area (Å²) in [7, 11) is 1.26. The number of esters is 1. The number of rotatable bonds is 10. The monoisotopic (exact) mass is 416 g/mol. The number of amidine groups is 1. The third kappa shape index (κ3) is 5.77. The summed E-state index contributed by atoms with van der Waals surface area (Å²) in [4.78, 5) is 23.7. The Morgan fingerprint density at radius 2 is 1.83 bits per heavy atom. The van der Waals surface area contributed by atoms with Crippen molar-refractivity contribution in [3.8, 4) is 11.5 Å². The average Bonchev–Trinajstić information content (AvgIpc) is 2.76. The van der Waals surface area contributed by atoms with Crippen molar-refractivity contribution in [1.29, 1.82) is 0 Å². The van der Waals surface area contributed by atoms with Crippen LogP contribution in [0.15, 0.2) is 47.6 Å². The standard InChI is InChI=1S/C20H24N4O6/c1-3-29-14-8-9-16(30-11-17(21)25)15(10-14)18(20(26)28-2)23-13-6-4-12(5-7-13)19(22)24-27/h4-10,18,23,27H,3,11H2,1-2H3,(H2,21,25)(H2,22,24). The van der Waals surface area contributed by atoms with Gasteiger partial charge in [0.15, 0.2) is 18.5 Å². The van der Waals surface area contributed by atoms with E-state index in [0.29, 0.717) is 29.2 Å². The number of nitrogens with zero attached hydrogens (tertiary/aromatic N) is 1. The van der Waals surface area contributed by atoms with E-state index in [0.717, 1.165) is 0 Å². The van der Waals surface area contributed by atoms with E-state index in [1.807, 2.05) is 6.92 Å². The maximum absolute atomic E-state index is 12.6. The van der Waals surface area contributed by atoms with Crippen molar-refractivity contribution in [3.05, 3.63) is 53.6 Å². The van der Waals surface area contributed by atoms with E-state index >= 15 is 0 Å². The van der Waals surface area contributed by atoms with Crippen molar-refractivity contribution < 1.29 is 29.0 Å². The number of methoxy groups -OCH3 is 1. The van der Waals surface area contributed by atoms with Gasteiger partial charge in [-0.15, -0.1) is 0 Å². The third-order valence-electron chi connectivity index (χ3n) is 4.01. The minimum Gasteiger partial charge on any atom is -0.494 e. The highest BCUT2D eigenvalue weighted by atomic mass is 16.5. The number of ether oxygens (including phenoxy) is 3. The van der Waals surface area contributed by atoms with Crippen molar-refractivity contribution in [3.63, 3.8) is 0 Å². The van der Waals surface area contributed by atoms with Gasteiger partial charge >= 0.3 is 5.97 Å². The summed E-state index contributed by atoms with van der Waals surface area (Å²) in [6.07, 6.45) is 0. The number of oxime groups is 1. The molecule has 6 N–H and O–H groups in total. The first-order valence-electron chi connectivity index (χ1n) is 8.99. The molecule has 0 saturated carbocycles. The van der Waals surface area contributed by atoms with Crippen LogP contribution in [0.1, 0.15) is 24.1 Å². The van der Waals surface area contributed by atoms with E-state index in [4.69, 9.17) is 30.9 Å². The zero-order valence-corrected chi connectivity index (χ0v) is 16.6. The third-order valence-corrected chi connectivity index (χ3v) is 4.01. The Labute approximate surface area is 173 Å². The molecule has 1 unspecified atom stereocenters. The van der Waals surface area contributed by atoms with Crippen LogP contribution in [-0.4, -0.2) is 43.2 Å².